The number of carboxylic acid groups (broad SMARTS) is 1. The Morgan fingerprint density at radius 1 is 1.18 bits per heavy atom. The number of nitrogens with zero attached hydrogens (tertiary/aromatic N) is 2. The van der Waals surface area contributed by atoms with Crippen molar-refractivity contribution in [3.05, 3.63) is 81.4 Å². The standard InChI is InChI=1S/C24H17Cl2FN2O4/c1-12(2)23-20(22(28-33-23)19-15(25)7-8-16(27)21(19)26)24(32)29-11-10-14-13(6-9-18(30)31)4-3-5-17(14)29/h3-12H,1-2H3,(H,30,31)/b9-6+. The Kier molecular flexibility index (Phi) is 6.10. The maximum Gasteiger partial charge on any atom is 0.328 e. The van der Waals surface area contributed by atoms with Crippen molar-refractivity contribution in [2.24, 2.45) is 0 Å². The number of halogens is 3. The number of carbonyl (C=O) groups excluding carboxylic acids is 1. The number of carbonyl (C=O) groups is 2. The third-order valence-corrected chi connectivity index (χ3v) is 5.81. The molecular weight excluding hydrogens is 470 g/mol. The molecule has 4 aromatic rings. The average Bonchev–Trinajstić information content (AvgIpc) is 3.40. The number of carboxylic acids is 1. The molecule has 33 heavy (non-hydrogen) atoms. The van der Waals surface area contributed by atoms with Crippen molar-refractivity contribution < 1.29 is 23.6 Å². The molecule has 168 valence electrons. The Morgan fingerprint density at radius 3 is 2.64 bits per heavy atom. The summed E-state index contributed by atoms with van der Waals surface area (Å²) in [7, 11) is 0. The number of hydrogen-bond donors (Lipinski definition) is 1. The molecule has 0 unspecified atom stereocenters. The van der Waals surface area contributed by atoms with Gasteiger partial charge in [0, 0.05) is 29.1 Å². The van der Waals surface area contributed by atoms with Crippen molar-refractivity contribution in [1.82, 2.24) is 9.72 Å². The van der Waals surface area contributed by atoms with Crippen molar-refractivity contribution in [3.63, 3.8) is 0 Å². The van der Waals surface area contributed by atoms with E-state index in [9.17, 15) is 14.0 Å². The summed E-state index contributed by atoms with van der Waals surface area (Å²) in [5.74, 6) is -2.17. The van der Waals surface area contributed by atoms with Gasteiger partial charge in [0.05, 0.1) is 15.6 Å². The number of aromatic nitrogens is 2. The molecule has 6 nitrogen and oxygen atoms in total. The molecule has 2 heterocycles. The van der Waals surface area contributed by atoms with Crippen LogP contribution < -0.4 is 0 Å². The van der Waals surface area contributed by atoms with Crippen LogP contribution in [0.25, 0.3) is 28.2 Å². The van der Waals surface area contributed by atoms with Crippen LogP contribution in [0.15, 0.2) is 53.2 Å². The maximum absolute atomic E-state index is 14.2. The van der Waals surface area contributed by atoms with E-state index in [-0.39, 0.29) is 32.8 Å². The van der Waals surface area contributed by atoms with Crippen molar-refractivity contribution >= 4 is 52.1 Å². The minimum absolute atomic E-state index is 0.0435. The molecule has 9 heteroatoms. The van der Waals surface area contributed by atoms with Gasteiger partial charge in [-0.2, -0.15) is 0 Å². The predicted molar refractivity (Wildman–Crippen MR) is 124 cm³/mol. The molecule has 4 rings (SSSR count). The number of aliphatic carboxylic acids is 1. The summed E-state index contributed by atoms with van der Waals surface area (Å²) in [5, 5.41) is 13.5. The van der Waals surface area contributed by atoms with Crippen LogP contribution in [0.5, 0.6) is 0 Å². The Bertz CT molecular complexity index is 1440. The molecule has 0 saturated heterocycles. The van der Waals surface area contributed by atoms with Crippen molar-refractivity contribution in [3.8, 4) is 11.3 Å². The molecule has 0 aliphatic heterocycles. The zero-order chi connectivity index (χ0) is 23.9. The van der Waals surface area contributed by atoms with Crippen LogP contribution in [0.3, 0.4) is 0 Å². The lowest BCUT2D eigenvalue weighted by atomic mass is 10.00. The number of fused-ring (bicyclic) bond motifs is 1. The minimum atomic E-state index is -1.08. The number of benzene rings is 2. The first kappa shape index (κ1) is 22.8. The van der Waals surface area contributed by atoms with Gasteiger partial charge < -0.3 is 9.63 Å². The zero-order valence-electron chi connectivity index (χ0n) is 17.5. The van der Waals surface area contributed by atoms with Crippen LogP contribution in [0.2, 0.25) is 10.0 Å². The zero-order valence-corrected chi connectivity index (χ0v) is 19.0. The first-order chi connectivity index (χ1) is 15.7. The van der Waals surface area contributed by atoms with E-state index in [1.54, 1.807) is 30.5 Å². The van der Waals surface area contributed by atoms with Gasteiger partial charge in [0.15, 0.2) is 5.76 Å². The molecule has 2 aromatic carbocycles. The molecule has 0 atom stereocenters. The smallest absolute Gasteiger partial charge is 0.328 e. The molecule has 1 N–H and O–H groups in total. The normalized spacial score (nSPS) is 11.7. The van der Waals surface area contributed by atoms with E-state index in [0.29, 0.717) is 22.2 Å². The monoisotopic (exact) mass is 486 g/mol. The van der Waals surface area contributed by atoms with Gasteiger partial charge in [0.2, 0.25) is 0 Å². The van der Waals surface area contributed by atoms with Crippen LogP contribution >= 0.6 is 23.2 Å². The van der Waals surface area contributed by atoms with Crippen LogP contribution in [0, 0.1) is 5.82 Å². The van der Waals surface area contributed by atoms with Crippen LogP contribution in [0.1, 0.15) is 41.4 Å². The van der Waals surface area contributed by atoms with Crippen molar-refractivity contribution in [1.29, 1.82) is 0 Å². The summed E-state index contributed by atoms with van der Waals surface area (Å²) in [6, 6.07) is 9.36. The second-order valence-corrected chi connectivity index (χ2v) is 8.37. The van der Waals surface area contributed by atoms with E-state index < -0.39 is 17.7 Å². The fraction of sp³-hybridized carbons (Fsp3) is 0.125. The number of hydrogen-bond acceptors (Lipinski definition) is 4. The summed E-state index contributed by atoms with van der Waals surface area (Å²) in [4.78, 5) is 24.7. The third kappa shape index (κ3) is 4.05. The minimum Gasteiger partial charge on any atom is -0.478 e. The Labute approximate surface area is 197 Å². The molecule has 0 aliphatic carbocycles. The average molecular weight is 487 g/mol. The molecule has 0 radical (unpaired) electrons. The van der Waals surface area contributed by atoms with Gasteiger partial charge in [-0.3, -0.25) is 9.36 Å². The topological polar surface area (TPSA) is 85.3 Å². The van der Waals surface area contributed by atoms with Crippen molar-refractivity contribution in [2.75, 3.05) is 0 Å². The molecule has 0 spiro atoms. The molecule has 0 saturated carbocycles. The van der Waals surface area contributed by atoms with Crippen molar-refractivity contribution in [2.45, 2.75) is 19.8 Å². The number of rotatable bonds is 5. The molecule has 2 aromatic heterocycles. The molecule has 0 fully saturated rings. The lowest BCUT2D eigenvalue weighted by Crippen LogP contribution is -2.14. The first-order valence-corrected chi connectivity index (χ1v) is 10.7. The Morgan fingerprint density at radius 2 is 1.94 bits per heavy atom. The predicted octanol–water partition coefficient (Wildman–Crippen LogP) is 6.65. The van der Waals surface area contributed by atoms with Gasteiger partial charge in [-0.1, -0.05) is 54.3 Å². The molecular formula is C24H17Cl2FN2O4. The second kappa shape index (κ2) is 8.84. The van der Waals surface area contributed by atoms with E-state index >= 15 is 0 Å². The van der Waals surface area contributed by atoms with Gasteiger partial charge in [0.1, 0.15) is 17.1 Å². The van der Waals surface area contributed by atoms with Gasteiger partial charge in [-0.15, -0.1) is 0 Å². The molecule has 0 aliphatic rings. The van der Waals surface area contributed by atoms with Crippen LogP contribution in [-0.2, 0) is 4.79 Å². The highest BCUT2D eigenvalue weighted by Crippen LogP contribution is 2.40. The molecule has 0 amide bonds. The maximum atomic E-state index is 14.2. The Balaban J connectivity index is 1.93. The van der Waals surface area contributed by atoms with E-state index in [1.165, 1.54) is 16.7 Å². The van der Waals surface area contributed by atoms with E-state index in [2.05, 4.69) is 5.16 Å². The van der Waals surface area contributed by atoms with Gasteiger partial charge in [0.25, 0.3) is 5.91 Å². The van der Waals surface area contributed by atoms with E-state index in [4.69, 9.17) is 32.8 Å². The van der Waals surface area contributed by atoms with Gasteiger partial charge in [-0.25, -0.2) is 9.18 Å². The summed E-state index contributed by atoms with van der Waals surface area (Å²) in [6.45, 7) is 3.66. The fourth-order valence-electron chi connectivity index (χ4n) is 3.61. The SMILES string of the molecule is CC(C)c1onc(-c2c(Cl)ccc(F)c2Cl)c1C(=O)n1ccc2c(/C=C/C(=O)O)cccc21. The van der Waals surface area contributed by atoms with Crippen LogP contribution in [-0.4, -0.2) is 26.7 Å². The van der Waals surface area contributed by atoms with E-state index in [0.717, 1.165) is 12.1 Å². The molecule has 0 bridgehead atoms. The highest BCUT2D eigenvalue weighted by molar-refractivity contribution is 6.39. The largest absolute Gasteiger partial charge is 0.478 e. The summed E-state index contributed by atoms with van der Waals surface area (Å²) >= 11 is 12.5. The summed E-state index contributed by atoms with van der Waals surface area (Å²) < 4.78 is 21.1. The van der Waals surface area contributed by atoms with Crippen LogP contribution in [0.4, 0.5) is 4.39 Å². The summed E-state index contributed by atoms with van der Waals surface area (Å²) in [6.07, 6.45) is 4.05. The highest BCUT2D eigenvalue weighted by Gasteiger charge is 2.30. The van der Waals surface area contributed by atoms with Gasteiger partial charge in [-0.05, 0) is 35.9 Å². The highest BCUT2D eigenvalue weighted by atomic mass is 35.5. The Hall–Kier alpha value is -3.42. The third-order valence-electron chi connectivity index (χ3n) is 5.13. The second-order valence-electron chi connectivity index (χ2n) is 7.59. The van der Waals surface area contributed by atoms with E-state index in [1.807, 2.05) is 13.8 Å². The fourth-order valence-corrected chi connectivity index (χ4v) is 4.16. The first-order valence-electron chi connectivity index (χ1n) is 9.90. The lowest BCUT2D eigenvalue weighted by molar-refractivity contribution is -0.131. The summed E-state index contributed by atoms with van der Waals surface area (Å²) in [5.41, 5.74) is 1.40. The van der Waals surface area contributed by atoms with Gasteiger partial charge >= 0.3 is 5.97 Å². The lowest BCUT2D eigenvalue weighted by Gasteiger charge is -2.10. The quantitative estimate of drug-likeness (QED) is 0.252.